The van der Waals surface area contributed by atoms with Gasteiger partial charge in [-0.15, -0.1) is 0 Å². The molecule has 0 aliphatic heterocycles. The number of anilines is 1. The van der Waals surface area contributed by atoms with Crippen molar-refractivity contribution in [3.8, 4) is 0 Å². The number of hydrogen-bond acceptors (Lipinski definition) is 3. The number of nitrogens with one attached hydrogen (secondary N) is 1. The molecule has 4 nitrogen and oxygen atoms in total. The van der Waals surface area contributed by atoms with Gasteiger partial charge in [-0.3, -0.25) is 4.79 Å². The van der Waals surface area contributed by atoms with Crippen LogP contribution in [0.4, 0.5) is 5.69 Å². The maximum atomic E-state index is 12.3. The standard InChI is InChI=1S/C15H15Cl2NO3/c1-15(2)10(7-11(16)17)12(15)13(19)18-9-5-3-4-8(6-9)14(20)21/h3-7,10,12H,1-2H3,(H,18,19)(H,20,21)/p-1/t10-,12-/m1/s1. The van der Waals surface area contributed by atoms with Crippen LogP contribution in [0.5, 0.6) is 0 Å². The van der Waals surface area contributed by atoms with Gasteiger partial charge >= 0.3 is 0 Å². The molecule has 112 valence electrons. The van der Waals surface area contributed by atoms with Crippen LogP contribution in [0, 0.1) is 17.3 Å². The minimum atomic E-state index is -1.28. The SMILES string of the molecule is CC1(C)[C@H](C=C(Cl)Cl)[C@@H]1C(=O)Nc1cccc(C(=O)[O-])c1. The highest BCUT2D eigenvalue weighted by atomic mass is 35.5. The Kier molecular flexibility index (Phi) is 4.30. The molecule has 1 N–H and O–H groups in total. The number of rotatable bonds is 4. The Balaban J connectivity index is 2.11. The number of benzene rings is 1. The van der Waals surface area contributed by atoms with Crippen LogP contribution in [0.3, 0.4) is 0 Å². The van der Waals surface area contributed by atoms with Crippen molar-refractivity contribution >= 4 is 40.8 Å². The highest BCUT2D eigenvalue weighted by Crippen LogP contribution is 2.59. The molecule has 1 aliphatic carbocycles. The number of carboxylic acids is 1. The summed E-state index contributed by atoms with van der Waals surface area (Å²) in [5, 5.41) is 13.5. The van der Waals surface area contributed by atoms with Crippen molar-refractivity contribution in [1.82, 2.24) is 0 Å². The number of amides is 1. The lowest BCUT2D eigenvalue weighted by Crippen LogP contribution is -2.22. The number of aromatic carboxylic acids is 1. The van der Waals surface area contributed by atoms with Crippen LogP contribution in [-0.4, -0.2) is 11.9 Å². The van der Waals surface area contributed by atoms with Gasteiger partial charge in [0.1, 0.15) is 4.49 Å². The third kappa shape index (κ3) is 3.39. The average Bonchev–Trinajstić information content (AvgIpc) is 2.90. The van der Waals surface area contributed by atoms with Crippen molar-refractivity contribution in [3.63, 3.8) is 0 Å². The molecule has 1 amide bonds. The quantitative estimate of drug-likeness (QED) is 0.924. The van der Waals surface area contributed by atoms with Gasteiger partial charge in [-0.2, -0.15) is 0 Å². The monoisotopic (exact) mass is 326 g/mol. The second-order valence-electron chi connectivity index (χ2n) is 5.64. The molecule has 1 saturated carbocycles. The smallest absolute Gasteiger partial charge is 0.228 e. The maximum Gasteiger partial charge on any atom is 0.228 e. The topological polar surface area (TPSA) is 69.2 Å². The van der Waals surface area contributed by atoms with Gasteiger partial charge in [-0.1, -0.05) is 49.2 Å². The Labute approximate surface area is 132 Å². The van der Waals surface area contributed by atoms with E-state index in [2.05, 4.69) is 5.32 Å². The van der Waals surface area contributed by atoms with Gasteiger partial charge in [0.05, 0.1) is 11.9 Å². The first-order valence-corrected chi connectivity index (χ1v) is 7.14. The first-order valence-electron chi connectivity index (χ1n) is 6.38. The Morgan fingerprint density at radius 3 is 2.57 bits per heavy atom. The van der Waals surface area contributed by atoms with E-state index in [4.69, 9.17) is 23.2 Å². The maximum absolute atomic E-state index is 12.3. The average molecular weight is 327 g/mol. The summed E-state index contributed by atoms with van der Waals surface area (Å²) in [4.78, 5) is 23.1. The van der Waals surface area contributed by atoms with Crippen LogP contribution in [-0.2, 0) is 4.79 Å². The summed E-state index contributed by atoms with van der Waals surface area (Å²) in [5.74, 6) is -1.76. The lowest BCUT2D eigenvalue weighted by molar-refractivity contribution is -0.255. The first kappa shape index (κ1) is 15.9. The third-order valence-electron chi connectivity index (χ3n) is 3.86. The minimum Gasteiger partial charge on any atom is -0.545 e. The van der Waals surface area contributed by atoms with Gasteiger partial charge < -0.3 is 15.2 Å². The second-order valence-corrected chi connectivity index (χ2v) is 6.65. The molecule has 0 radical (unpaired) electrons. The van der Waals surface area contributed by atoms with Crippen molar-refractivity contribution in [2.75, 3.05) is 5.32 Å². The van der Waals surface area contributed by atoms with Gasteiger partial charge in [0.15, 0.2) is 0 Å². The molecule has 1 fully saturated rings. The zero-order valence-corrected chi connectivity index (χ0v) is 13.0. The zero-order valence-electron chi connectivity index (χ0n) is 11.5. The van der Waals surface area contributed by atoms with Gasteiger partial charge in [0.25, 0.3) is 0 Å². The number of carbonyl (C=O) groups is 2. The van der Waals surface area contributed by atoms with Crippen LogP contribution in [0.2, 0.25) is 0 Å². The molecule has 1 aromatic carbocycles. The molecule has 1 aromatic rings. The normalized spacial score (nSPS) is 22.3. The van der Waals surface area contributed by atoms with Gasteiger partial charge in [-0.05, 0) is 35.1 Å². The number of hydrogen-bond donors (Lipinski definition) is 1. The van der Waals surface area contributed by atoms with Crippen LogP contribution < -0.4 is 10.4 Å². The Bertz CT molecular complexity index is 621. The molecule has 0 spiro atoms. The molecular weight excluding hydrogens is 313 g/mol. The molecule has 0 bridgehead atoms. The van der Waals surface area contributed by atoms with E-state index < -0.39 is 5.97 Å². The number of halogens is 2. The molecule has 21 heavy (non-hydrogen) atoms. The lowest BCUT2D eigenvalue weighted by Gasteiger charge is -2.08. The molecule has 0 heterocycles. The summed E-state index contributed by atoms with van der Waals surface area (Å²) in [6, 6.07) is 5.94. The fraction of sp³-hybridized carbons (Fsp3) is 0.333. The van der Waals surface area contributed by atoms with E-state index in [1.54, 1.807) is 18.2 Å². The third-order valence-corrected chi connectivity index (χ3v) is 4.12. The molecule has 0 unspecified atom stereocenters. The summed E-state index contributed by atoms with van der Waals surface area (Å²) in [7, 11) is 0. The van der Waals surface area contributed by atoms with Crippen LogP contribution in [0.25, 0.3) is 0 Å². The van der Waals surface area contributed by atoms with Gasteiger partial charge in [0, 0.05) is 5.69 Å². The van der Waals surface area contributed by atoms with E-state index in [0.29, 0.717) is 5.69 Å². The summed E-state index contributed by atoms with van der Waals surface area (Å²) >= 11 is 11.3. The molecule has 0 saturated heterocycles. The van der Waals surface area contributed by atoms with Crippen molar-refractivity contribution in [1.29, 1.82) is 0 Å². The van der Waals surface area contributed by atoms with Crippen molar-refractivity contribution in [2.45, 2.75) is 13.8 Å². The van der Waals surface area contributed by atoms with Crippen LogP contribution in [0.1, 0.15) is 24.2 Å². The predicted molar refractivity (Wildman–Crippen MR) is 80.0 cm³/mol. The zero-order chi connectivity index (χ0) is 15.8. The highest BCUT2D eigenvalue weighted by Gasteiger charge is 2.60. The lowest BCUT2D eigenvalue weighted by atomic mass is 10.1. The number of carbonyl (C=O) groups excluding carboxylic acids is 2. The molecule has 0 aromatic heterocycles. The Morgan fingerprint density at radius 1 is 1.33 bits per heavy atom. The second kappa shape index (κ2) is 5.70. The van der Waals surface area contributed by atoms with E-state index in [-0.39, 0.29) is 33.2 Å². The molecule has 6 heteroatoms. The number of allylic oxidation sites excluding steroid dienone is 1. The van der Waals surface area contributed by atoms with E-state index in [9.17, 15) is 14.7 Å². The van der Waals surface area contributed by atoms with Crippen molar-refractivity contribution in [3.05, 3.63) is 40.4 Å². The summed E-state index contributed by atoms with van der Waals surface area (Å²) in [6.07, 6.45) is 1.66. The summed E-state index contributed by atoms with van der Waals surface area (Å²) in [6.45, 7) is 3.90. The van der Waals surface area contributed by atoms with E-state index in [1.807, 2.05) is 13.8 Å². The predicted octanol–water partition coefficient (Wildman–Crippen LogP) is 2.58. The molecular formula is C15H14Cl2NO3-. The highest BCUT2D eigenvalue weighted by molar-refractivity contribution is 6.55. The molecule has 2 rings (SSSR count). The Hall–Kier alpha value is -1.52. The molecule has 1 aliphatic rings. The summed E-state index contributed by atoms with van der Waals surface area (Å²) < 4.78 is 0.141. The van der Waals surface area contributed by atoms with Crippen LogP contribution in [0.15, 0.2) is 34.8 Å². The fourth-order valence-corrected chi connectivity index (χ4v) is 2.84. The van der Waals surface area contributed by atoms with Crippen LogP contribution >= 0.6 is 23.2 Å². The van der Waals surface area contributed by atoms with E-state index in [1.165, 1.54) is 12.1 Å². The Morgan fingerprint density at radius 2 is 2.00 bits per heavy atom. The summed E-state index contributed by atoms with van der Waals surface area (Å²) in [5.41, 5.74) is 0.206. The van der Waals surface area contributed by atoms with Gasteiger partial charge in [0.2, 0.25) is 5.91 Å². The minimum absolute atomic E-state index is 0.0168. The molecule has 2 atom stereocenters. The van der Waals surface area contributed by atoms with E-state index >= 15 is 0 Å². The van der Waals surface area contributed by atoms with Crippen molar-refractivity contribution < 1.29 is 14.7 Å². The largest absolute Gasteiger partial charge is 0.545 e. The van der Waals surface area contributed by atoms with E-state index in [0.717, 1.165) is 0 Å². The van der Waals surface area contributed by atoms with Crippen molar-refractivity contribution in [2.24, 2.45) is 17.3 Å². The number of carboxylic acid groups (broad SMARTS) is 1. The van der Waals surface area contributed by atoms with Gasteiger partial charge in [-0.25, -0.2) is 0 Å². The first-order chi connectivity index (χ1) is 9.73. The fourth-order valence-electron chi connectivity index (χ4n) is 2.57.